The number of hydrogen-bond acceptors (Lipinski definition) is 4. The topological polar surface area (TPSA) is 75.9 Å². The minimum Gasteiger partial charge on any atom is -0.379 e. The molecule has 0 unspecified atom stereocenters. The summed E-state index contributed by atoms with van der Waals surface area (Å²) in [5, 5.41) is 0. The van der Waals surface area contributed by atoms with E-state index in [0.717, 1.165) is 12.8 Å². The maximum absolute atomic E-state index is 12.2. The van der Waals surface area contributed by atoms with Crippen molar-refractivity contribution in [3.05, 3.63) is 0 Å². The van der Waals surface area contributed by atoms with Gasteiger partial charge >= 0.3 is 0 Å². The number of nitrogens with zero attached hydrogens (tertiary/aromatic N) is 2. The van der Waals surface area contributed by atoms with Crippen molar-refractivity contribution in [3.63, 3.8) is 0 Å². The molecule has 6 nitrogen and oxygen atoms in total. The summed E-state index contributed by atoms with van der Waals surface area (Å²) in [5.74, 6) is 0. The Morgan fingerprint density at radius 1 is 1.12 bits per heavy atom. The van der Waals surface area contributed by atoms with Gasteiger partial charge in [-0.1, -0.05) is 0 Å². The zero-order valence-electron chi connectivity index (χ0n) is 9.34. The van der Waals surface area contributed by atoms with E-state index in [1.807, 2.05) is 0 Å². The normalized spacial score (nSPS) is 30.4. The van der Waals surface area contributed by atoms with E-state index in [1.54, 1.807) is 0 Å². The van der Waals surface area contributed by atoms with Crippen LogP contribution in [0.4, 0.5) is 0 Å². The first-order valence-electron chi connectivity index (χ1n) is 5.69. The number of morpholine rings is 1. The Morgan fingerprint density at radius 3 is 2.44 bits per heavy atom. The number of hydrogen-bond donors (Lipinski definition) is 1. The molecule has 2 heterocycles. The van der Waals surface area contributed by atoms with E-state index in [1.165, 1.54) is 8.61 Å². The van der Waals surface area contributed by atoms with E-state index in [2.05, 4.69) is 0 Å². The van der Waals surface area contributed by atoms with Crippen molar-refractivity contribution >= 4 is 10.2 Å². The van der Waals surface area contributed by atoms with Gasteiger partial charge in [-0.3, -0.25) is 0 Å². The van der Waals surface area contributed by atoms with Crippen LogP contribution in [0, 0.1) is 0 Å². The summed E-state index contributed by atoms with van der Waals surface area (Å²) in [5.41, 5.74) is 5.80. The number of ether oxygens (including phenoxy) is 1. The second kappa shape index (κ2) is 4.97. The first-order chi connectivity index (χ1) is 7.60. The molecule has 2 saturated heterocycles. The molecule has 0 aromatic rings. The van der Waals surface area contributed by atoms with E-state index in [4.69, 9.17) is 10.5 Å². The van der Waals surface area contributed by atoms with E-state index < -0.39 is 10.2 Å². The van der Waals surface area contributed by atoms with Gasteiger partial charge in [0.1, 0.15) is 0 Å². The van der Waals surface area contributed by atoms with Gasteiger partial charge in [-0.05, 0) is 12.8 Å². The Hall–Kier alpha value is -0.210. The fourth-order valence-corrected chi connectivity index (χ4v) is 3.80. The van der Waals surface area contributed by atoms with Crippen LogP contribution in [-0.2, 0) is 14.9 Å². The molecule has 0 aromatic heterocycles. The van der Waals surface area contributed by atoms with E-state index >= 15 is 0 Å². The van der Waals surface area contributed by atoms with Gasteiger partial charge in [-0.15, -0.1) is 0 Å². The van der Waals surface area contributed by atoms with Gasteiger partial charge in [0.05, 0.1) is 13.2 Å². The maximum atomic E-state index is 12.2. The first-order valence-corrected chi connectivity index (χ1v) is 7.09. The highest BCUT2D eigenvalue weighted by molar-refractivity contribution is 7.86. The molecule has 2 fully saturated rings. The van der Waals surface area contributed by atoms with Gasteiger partial charge in [-0.25, -0.2) is 0 Å². The van der Waals surface area contributed by atoms with Crippen molar-refractivity contribution in [2.75, 3.05) is 39.4 Å². The Morgan fingerprint density at radius 2 is 1.81 bits per heavy atom. The molecule has 0 spiro atoms. The summed E-state index contributed by atoms with van der Waals surface area (Å²) in [6.07, 6.45) is 1.76. The fourth-order valence-electron chi connectivity index (χ4n) is 2.12. The largest absolute Gasteiger partial charge is 0.379 e. The molecule has 0 amide bonds. The van der Waals surface area contributed by atoms with Gasteiger partial charge < -0.3 is 10.5 Å². The summed E-state index contributed by atoms with van der Waals surface area (Å²) in [4.78, 5) is 0. The molecule has 2 aliphatic heterocycles. The van der Waals surface area contributed by atoms with E-state index in [-0.39, 0.29) is 6.04 Å². The van der Waals surface area contributed by atoms with E-state index in [0.29, 0.717) is 39.4 Å². The predicted molar refractivity (Wildman–Crippen MR) is 60.1 cm³/mol. The van der Waals surface area contributed by atoms with Gasteiger partial charge in [-0.2, -0.15) is 17.0 Å². The second-order valence-corrected chi connectivity index (χ2v) is 6.21. The highest BCUT2D eigenvalue weighted by Gasteiger charge is 2.33. The van der Waals surface area contributed by atoms with Gasteiger partial charge in [0, 0.05) is 32.2 Å². The molecule has 0 saturated carbocycles. The molecular formula is C9H19N3O3S. The Balaban J connectivity index is 2.05. The number of piperidine rings is 1. The smallest absolute Gasteiger partial charge is 0.282 e. The summed E-state index contributed by atoms with van der Waals surface area (Å²) < 4.78 is 32.6. The third-order valence-corrected chi connectivity index (χ3v) is 5.05. The lowest BCUT2D eigenvalue weighted by molar-refractivity contribution is 0.0695. The predicted octanol–water partition coefficient (Wildman–Crippen LogP) is -1.01. The summed E-state index contributed by atoms with van der Waals surface area (Å²) >= 11 is 0. The van der Waals surface area contributed by atoms with Crippen LogP contribution < -0.4 is 5.73 Å². The lowest BCUT2D eigenvalue weighted by atomic mass is 10.1. The van der Waals surface area contributed by atoms with Crippen molar-refractivity contribution < 1.29 is 13.2 Å². The molecule has 2 N–H and O–H groups in total. The van der Waals surface area contributed by atoms with Crippen LogP contribution in [0.2, 0.25) is 0 Å². The Bertz CT molecular complexity index is 327. The lowest BCUT2D eigenvalue weighted by Gasteiger charge is -2.35. The van der Waals surface area contributed by atoms with Crippen molar-refractivity contribution in [1.29, 1.82) is 0 Å². The van der Waals surface area contributed by atoms with Crippen LogP contribution in [-0.4, -0.2) is 62.5 Å². The molecule has 0 aromatic carbocycles. The first kappa shape index (κ1) is 12.3. The lowest BCUT2D eigenvalue weighted by Crippen LogP contribution is -2.53. The summed E-state index contributed by atoms with van der Waals surface area (Å²) in [7, 11) is -3.31. The Labute approximate surface area is 96.5 Å². The second-order valence-electron chi connectivity index (χ2n) is 4.28. The van der Waals surface area contributed by atoms with Crippen molar-refractivity contribution in [2.24, 2.45) is 5.73 Å². The van der Waals surface area contributed by atoms with Crippen LogP contribution >= 0.6 is 0 Å². The number of rotatable bonds is 2. The van der Waals surface area contributed by atoms with Crippen molar-refractivity contribution in [1.82, 2.24) is 8.61 Å². The molecule has 0 radical (unpaired) electrons. The average molecular weight is 249 g/mol. The highest BCUT2D eigenvalue weighted by atomic mass is 32.2. The minimum atomic E-state index is -3.31. The third kappa shape index (κ3) is 2.54. The SMILES string of the molecule is N[C@@H]1CCCN(S(=O)(=O)N2CCOCC2)C1. The zero-order valence-corrected chi connectivity index (χ0v) is 10.2. The average Bonchev–Trinajstić information content (AvgIpc) is 2.30. The van der Waals surface area contributed by atoms with Crippen molar-refractivity contribution in [3.8, 4) is 0 Å². The van der Waals surface area contributed by atoms with Crippen LogP contribution in [0.3, 0.4) is 0 Å². The standard InChI is InChI=1S/C9H19N3O3S/c10-9-2-1-3-12(8-9)16(13,14)11-4-6-15-7-5-11/h9H,1-8,10H2/t9-/m1/s1. The molecule has 0 bridgehead atoms. The van der Waals surface area contributed by atoms with Crippen LogP contribution in [0.25, 0.3) is 0 Å². The summed E-state index contributed by atoms with van der Waals surface area (Å²) in [6.45, 7) is 2.91. The molecule has 2 rings (SSSR count). The fraction of sp³-hybridized carbons (Fsp3) is 1.00. The summed E-state index contributed by atoms with van der Waals surface area (Å²) in [6, 6.07) is -0.0236. The monoisotopic (exact) mass is 249 g/mol. The molecule has 2 aliphatic rings. The van der Waals surface area contributed by atoms with Crippen LogP contribution in [0.5, 0.6) is 0 Å². The minimum absolute atomic E-state index is 0.0236. The molecular weight excluding hydrogens is 230 g/mol. The quantitative estimate of drug-likeness (QED) is 0.680. The Kier molecular flexibility index (Phi) is 3.81. The van der Waals surface area contributed by atoms with Crippen LogP contribution in [0.1, 0.15) is 12.8 Å². The zero-order chi connectivity index (χ0) is 11.6. The molecule has 0 aliphatic carbocycles. The third-order valence-electron chi connectivity index (χ3n) is 3.04. The molecule has 7 heteroatoms. The van der Waals surface area contributed by atoms with Gasteiger partial charge in [0.25, 0.3) is 10.2 Å². The van der Waals surface area contributed by atoms with Crippen molar-refractivity contribution in [2.45, 2.75) is 18.9 Å². The van der Waals surface area contributed by atoms with E-state index in [9.17, 15) is 8.42 Å². The molecule has 1 atom stereocenters. The number of nitrogens with two attached hydrogens (primary N) is 1. The van der Waals surface area contributed by atoms with Gasteiger partial charge in [0.2, 0.25) is 0 Å². The maximum Gasteiger partial charge on any atom is 0.282 e. The van der Waals surface area contributed by atoms with Crippen LogP contribution in [0.15, 0.2) is 0 Å². The molecule has 16 heavy (non-hydrogen) atoms. The van der Waals surface area contributed by atoms with Gasteiger partial charge in [0.15, 0.2) is 0 Å². The highest BCUT2D eigenvalue weighted by Crippen LogP contribution is 2.16. The molecule has 94 valence electrons.